The highest BCUT2D eigenvalue weighted by atomic mass is 16.5. The lowest BCUT2D eigenvalue weighted by Crippen LogP contribution is -2.62. The molecule has 4 saturated carbocycles. The third-order valence-electron chi connectivity index (χ3n) is 12.6. The fourth-order valence-corrected chi connectivity index (χ4v) is 10.2. The lowest BCUT2D eigenvalue weighted by Gasteiger charge is -2.63. The van der Waals surface area contributed by atoms with Crippen LogP contribution in [0.1, 0.15) is 137 Å². The molecular weight excluding hydrogens is 488 g/mol. The first kappa shape index (κ1) is 31.3. The summed E-state index contributed by atoms with van der Waals surface area (Å²) in [4.78, 5) is 12.5. The number of aliphatic hydroxyl groups excluding tert-OH is 3. The summed E-state index contributed by atoms with van der Waals surface area (Å²) in [6, 6.07) is 0. The van der Waals surface area contributed by atoms with E-state index >= 15 is 0 Å². The fourth-order valence-electron chi connectivity index (χ4n) is 10.2. The molecule has 4 aliphatic rings. The van der Waals surface area contributed by atoms with Crippen molar-refractivity contribution in [3.63, 3.8) is 0 Å². The quantitative estimate of drug-likeness (QED) is 0.170. The Labute approximate surface area is 238 Å². The average molecular weight is 549 g/mol. The van der Waals surface area contributed by atoms with Gasteiger partial charge < -0.3 is 20.1 Å². The molecule has 3 N–H and O–H groups in total. The molecule has 0 spiro atoms. The molecule has 0 aromatic carbocycles. The Balaban J connectivity index is 1.26. The van der Waals surface area contributed by atoms with E-state index in [1.54, 1.807) is 0 Å². The summed E-state index contributed by atoms with van der Waals surface area (Å²) in [5.41, 5.74) is -0.103. The van der Waals surface area contributed by atoms with Crippen LogP contribution in [0, 0.1) is 46.3 Å². The summed E-state index contributed by atoms with van der Waals surface area (Å²) < 4.78 is 5.57. The molecule has 5 nitrogen and oxygen atoms in total. The number of unbranched alkanes of at least 4 members (excludes halogenated alkanes) is 7. The summed E-state index contributed by atoms with van der Waals surface area (Å²) in [6.45, 7) is 9.73. The van der Waals surface area contributed by atoms with Crippen LogP contribution < -0.4 is 0 Å². The van der Waals surface area contributed by atoms with Gasteiger partial charge in [0.05, 0.1) is 24.9 Å². The summed E-state index contributed by atoms with van der Waals surface area (Å²) >= 11 is 0. The predicted molar refractivity (Wildman–Crippen MR) is 156 cm³/mol. The second-order valence-corrected chi connectivity index (χ2v) is 14.7. The van der Waals surface area contributed by atoms with Crippen LogP contribution in [0.25, 0.3) is 0 Å². The second kappa shape index (κ2) is 13.6. The zero-order valence-electron chi connectivity index (χ0n) is 25.6. The number of rotatable bonds is 13. The lowest BCUT2D eigenvalue weighted by molar-refractivity contribution is -0.207. The molecule has 0 heterocycles. The van der Waals surface area contributed by atoms with Crippen molar-refractivity contribution in [2.75, 3.05) is 6.61 Å². The van der Waals surface area contributed by atoms with Gasteiger partial charge in [-0.2, -0.15) is 0 Å². The largest absolute Gasteiger partial charge is 0.466 e. The van der Waals surface area contributed by atoms with Crippen LogP contribution in [0.2, 0.25) is 0 Å². The molecule has 0 saturated heterocycles. The van der Waals surface area contributed by atoms with Crippen LogP contribution in [-0.2, 0) is 9.53 Å². The highest BCUT2D eigenvalue weighted by Crippen LogP contribution is 2.68. The minimum absolute atomic E-state index is 0.0742. The van der Waals surface area contributed by atoms with Gasteiger partial charge in [-0.25, -0.2) is 0 Å². The Morgan fingerprint density at radius 2 is 1.59 bits per heavy atom. The van der Waals surface area contributed by atoms with Crippen LogP contribution in [-0.4, -0.2) is 46.2 Å². The molecule has 0 amide bonds. The smallest absolute Gasteiger partial charge is 0.305 e. The van der Waals surface area contributed by atoms with Crippen molar-refractivity contribution < 1.29 is 24.9 Å². The van der Waals surface area contributed by atoms with E-state index in [4.69, 9.17) is 4.74 Å². The minimum atomic E-state index is -0.373. The van der Waals surface area contributed by atoms with E-state index in [-0.39, 0.29) is 41.0 Å². The molecule has 0 unspecified atom stereocenters. The van der Waals surface area contributed by atoms with E-state index in [0.29, 0.717) is 42.6 Å². The standard InChI is InChI=1S/C34H60O5/c1-5-6-7-8-9-10-11-12-19-39-31(38)16-13-23(2)26-14-15-27-32-28(22-30(37)34(26,27)4)33(3)18-17-25(35)20-24(33)21-29(32)36/h23-30,32,35-37H,5-22H2,1-4H3/t23-,24+,25-,26-,27+,28+,29-,30+,32+,33+,34-/m1/s1. The Kier molecular flexibility index (Phi) is 10.9. The van der Waals surface area contributed by atoms with Gasteiger partial charge in [-0.3, -0.25) is 4.79 Å². The SMILES string of the molecule is CCCCCCCCCCOC(=O)CC[C@@H](C)[C@H]1CC[C@H]2[C@@H]3[C@H](O)C[C@@H]4C[C@H](O)CC[C@]4(C)[C@H]3C[C@H](O)[C@]12C. The zero-order valence-corrected chi connectivity index (χ0v) is 25.6. The lowest BCUT2D eigenvalue weighted by atomic mass is 9.43. The molecule has 4 rings (SSSR count). The van der Waals surface area contributed by atoms with Crippen molar-refractivity contribution in [1.82, 2.24) is 0 Å². The topological polar surface area (TPSA) is 87.0 Å². The number of carbonyl (C=O) groups excluding carboxylic acids is 1. The Hall–Kier alpha value is -0.650. The number of esters is 1. The molecule has 11 atom stereocenters. The molecule has 226 valence electrons. The fraction of sp³-hybridized carbons (Fsp3) is 0.971. The third-order valence-corrected chi connectivity index (χ3v) is 12.6. The van der Waals surface area contributed by atoms with Crippen molar-refractivity contribution in [3.05, 3.63) is 0 Å². The molecule has 39 heavy (non-hydrogen) atoms. The average Bonchev–Trinajstić information content (AvgIpc) is 3.26. The van der Waals surface area contributed by atoms with E-state index in [0.717, 1.165) is 64.2 Å². The predicted octanol–water partition coefficient (Wildman–Crippen LogP) is 7.05. The zero-order chi connectivity index (χ0) is 28.2. The maximum atomic E-state index is 12.5. The number of aliphatic hydroxyl groups is 3. The van der Waals surface area contributed by atoms with Gasteiger partial charge in [0.1, 0.15) is 0 Å². The second-order valence-electron chi connectivity index (χ2n) is 14.7. The van der Waals surface area contributed by atoms with Gasteiger partial charge >= 0.3 is 5.97 Å². The Bertz CT molecular complexity index is 786. The van der Waals surface area contributed by atoms with Crippen LogP contribution in [0.4, 0.5) is 0 Å². The number of fused-ring (bicyclic) bond motifs is 5. The summed E-state index contributed by atoms with van der Waals surface area (Å²) in [7, 11) is 0. The molecule has 0 aromatic heterocycles. The molecule has 0 aliphatic heterocycles. The number of hydrogen-bond donors (Lipinski definition) is 3. The first-order valence-corrected chi connectivity index (χ1v) is 16.8. The highest BCUT2D eigenvalue weighted by Gasteiger charge is 2.65. The van der Waals surface area contributed by atoms with Gasteiger partial charge in [0.25, 0.3) is 0 Å². The molecular formula is C34H60O5. The van der Waals surface area contributed by atoms with Gasteiger partial charge in [0, 0.05) is 6.42 Å². The first-order valence-electron chi connectivity index (χ1n) is 16.8. The monoisotopic (exact) mass is 548 g/mol. The number of ether oxygens (including phenoxy) is 1. The summed E-state index contributed by atoms with van der Waals surface area (Å²) in [5, 5.41) is 33.5. The summed E-state index contributed by atoms with van der Waals surface area (Å²) in [5.74, 6) is 1.88. The van der Waals surface area contributed by atoms with Crippen molar-refractivity contribution in [1.29, 1.82) is 0 Å². The van der Waals surface area contributed by atoms with Crippen LogP contribution >= 0.6 is 0 Å². The van der Waals surface area contributed by atoms with Crippen molar-refractivity contribution in [2.45, 2.75) is 155 Å². The van der Waals surface area contributed by atoms with E-state index in [1.807, 2.05) is 0 Å². The van der Waals surface area contributed by atoms with E-state index in [1.165, 1.54) is 38.5 Å². The van der Waals surface area contributed by atoms with Gasteiger partial charge in [-0.05, 0) is 104 Å². The van der Waals surface area contributed by atoms with E-state index in [9.17, 15) is 20.1 Å². The molecule has 0 aromatic rings. The minimum Gasteiger partial charge on any atom is -0.466 e. The molecule has 4 aliphatic carbocycles. The molecule has 0 radical (unpaired) electrons. The normalized spacial score (nSPS) is 42.3. The van der Waals surface area contributed by atoms with Crippen molar-refractivity contribution in [2.24, 2.45) is 46.3 Å². The van der Waals surface area contributed by atoms with Crippen LogP contribution in [0.5, 0.6) is 0 Å². The van der Waals surface area contributed by atoms with E-state index in [2.05, 4.69) is 27.7 Å². The van der Waals surface area contributed by atoms with Crippen molar-refractivity contribution in [3.8, 4) is 0 Å². The highest BCUT2D eigenvalue weighted by molar-refractivity contribution is 5.69. The van der Waals surface area contributed by atoms with Crippen LogP contribution in [0.15, 0.2) is 0 Å². The van der Waals surface area contributed by atoms with Crippen molar-refractivity contribution >= 4 is 5.97 Å². The van der Waals surface area contributed by atoms with Crippen LogP contribution in [0.3, 0.4) is 0 Å². The first-order chi connectivity index (χ1) is 18.6. The van der Waals surface area contributed by atoms with Gasteiger partial charge in [0.2, 0.25) is 0 Å². The maximum Gasteiger partial charge on any atom is 0.305 e. The third kappa shape index (κ3) is 6.56. The van der Waals surface area contributed by atoms with E-state index < -0.39 is 0 Å². The van der Waals surface area contributed by atoms with Gasteiger partial charge in [0.15, 0.2) is 0 Å². The summed E-state index contributed by atoms with van der Waals surface area (Å²) in [6.07, 6.45) is 16.6. The number of carbonyl (C=O) groups is 1. The van der Waals surface area contributed by atoms with Gasteiger partial charge in [-0.1, -0.05) is 72.6 Å². The Morgan fingerprint density at radius 3 is 2.31 bits per heavy atom. The van der Waals surface area contributed by atoms with Gasteiger partial charge in [-0.15, -0.1) is 0 Å². The molecule has 4 fully saturated rings. The molecule has 0 bridgehead atoms. The maximum absolute atomic E-state index is 12.5. The molecule has 5 heteroatoms. The number of hydrogen-bond acceptors (Lipinski definition) is 5. The Morgan fingerprint density at radius 1 is 0.897 bits per heavy atom.